The average Bonchev–Trinajstić information content (AvgIpc) is 3.04. The van der Waals surface area contributed by atoms with Crippen LogP contribution in [0.5, 0.6) is 0 Å². The Bertz CT molecular complexity index is 1270. The van der Waals surface area contributed by atoms with Crippen LogP contribution >= 0.6 is 35.4 Å². The number of hydrogen-bond donors (Lipinski definition) is 2. The second kappa shape index (κ2) is 10.9. The number of nitrogens with one attached hydrogen (secondary N) is 2. The topological polar surface area (TPSA) is 81.8 Å². The smallest absolute Gasteiger partial charge is 0.271 e. The maximum Gasteiger partial charge on any atom is 0.271 e. The second-order valence-corrected chi connectivity index (χ2v) is 8.97. The van der Waals surface area contributed by atoms with Crippen molar-refractivity contribution < 1.29 is 14.4 Å². The molecule has 1 heterocycles. The predicted molar refractivity (Wildman–Crippen MR) is 139 cm³/mol. The Morgan fingerprint density at radius 1 is 0.943 bits per heavy atom. The van der Waals surface area contributed by atoms with E-state index in [9.17, 15) is 14.4 Å². The summed E-state index contributed by atoms with van der Waals surface area (Å²) < 4.78 is 0. The Morgan fingerprint density at radius 2 is 1.60 bits per heavy atom. The fourth-order valence-corrected chi connectivity index (χ4v) is 4.44. The molecule has 1 fully saturated rings. The zero-order chi connectivity index (χ0) is 24.9. The Hall–Kier alpha value is -3.46. The van der Waals surface area contributed by atoms with Gasteiger partial charge in [-0.2, -0.15) is 0 Å². The van der Waals surface area contributed by atoms with Crippen molar-refractivity contribution >= 4 is 63.9 Å². The minimum absolute atomic E-state index is 0.0785. The van der Waals surface area contributed by atoms with Crippen LogP contribution in [0, 0.1) is 0 Å². The summed E-state index contributed by atoms with van der Waals surface area (Å²) in [5, 5.41) is 4.61. The highest BCUT2D eigenvalue weighted by atomic mass is 35.5. The van der Waals surface area contributed by atoms with Crippen molar-refractivity contribution in [2.75, 3.05) is 5.32 Å². The molecule has 10 heteroatoms. The molecular formula is C25H20Cl2N4O3S. The number of carbonyl (C=O) groups is 3. The largest absolute Gasteiger partial charge is 0.326 e. The van der Waals surface area contributed by atoms with Crippen molar-refractivity contribution in [2.45, 2.75) is 19.0 Å². The molecule has 1 aliphatic rings. The van der Waals surface area contributed by atoms with Gasteiger partial charge in [0.15, 0.2) is 5.11 Å². The van der Waals surface area contributed by atoms with Gasteiger partial charge in [0.05, 0.1) is 23.6 Å². The second-order valence-electron chi connectivity index (χ2n) is 7.76. The van der Waals surface area contributed by atoms with E-state index >= 15 is 0 Å². The van der Waals surface area contributed by atoms with Crippen LogP contribution in [0.15, 0.2) is 78.9 Å². The monoisotopic (exact) mass is 526 g/mol. The van der Waals surface area contributed by atoms with E-state index in [1.807, 2.05) is 36.4 Å². The molecule has 7 nitrogen and oxygen atoms in total. The quantitative estimate of drug-likeness (QED) is 0.437. The summed E-state index contributed by atoms with van der Waals surface area (Å²) in [4.78, 5) is 40.5. The maximum absolute atomic E-state index is 13.4. The van der Waals surface area contributed by atoms with Crippen molar-refractivity contribution in [2.24, 2.45) is 0 Å². The molecule has 0 aliphatic carbocycles. The van der Waals surface area contributed by atoms with E-state index in [-0.39, 0.29) is 28.7 Å². The molecule has 178 valence electrons. The van der Waals surface area contributed by atoms with Crippen molar-refractivity contribution in [3.8, 4) is 0 Å². The van der Waals surface area contributed by atoms with Crippen LogP contribution in [0.2, 0.25) is 10.0 Å². The average molecular weight is 527 g/mol. The molecule has 1 saturated heterocycles. The summed E-state index contributed by atoms with van der Waals surface area (Å²) in [5.41, 5.74) is 4.25. The number of carbonyl (C=O) groups excluding carboxylic acids is 3. The Morgan fingerprint density at radius 3 is 2.26 bits per heavy atom. The van der Waals surface area contributed by atoms with Gasteiger partial charge in [-0.05, 0) is 48.1 Å². The van der Waals surface area contributed by atoms with Gasteiger partial charge in [0, 0.05) is 10.7 Å². The number of hydrogen-bond acceptors (Lipinski definition) is 4. The van der Waals surface area contributed by atoms with Crippen LogP contribution < -0.4 is 10.7 Å². The first-order valence-electron chi connectivity index (χ1n) is 10.6. The van der Waals surface area contributed by atoms with Gasteiger partial charge in [-0.3, -0.25) is 24.7 Å². The molecule has 0 bridgehead atoms. The van der Waals surface area contributed by atoms with E-state index in [4.69, 9.17) is 35.4 Å². The van der Waals surface area contributed by atoms with E-state index < -0.39 is 23.8 Å². The lowest BCUT2D eigenvalue weighted by Crippen LogP contribution is -2.49. The first-order chi connectivity index (χ1) is 16.8. The van der Waals surface area contributed by atoms with Gasteiger partial charge in [0.25, 0.3) is 11.8 Å². The molecular weight excluding hydrogens is 507 g/mol. The fourth-order valence-electron chi connectivity index (χ4n) is 3.62. The van der Waals surface area contributed by atoms with Crippen LogP contribution in [0.4, 0.5) is 5.69 Å². The lowest BCUT2D eigenvalue weighted by Gasteiger charge is -2.24. The van der Waals surface area contributed by atoms with Gasteiger partial charge in [0.1, 0.15) is 6.04 Å². The summed E-state index contributed by atoms with van der Waals surface area (Å²) in [6.45, 7) is 0.198. The third kappa shape index (κ3) is 5.79. The molecule has 3 amide bonds. The van der Waals surface area contributed by atoms with Gasteiger partial charge >= 0.3 is 0 Å². The molecule has 1 unspecified atom stereocenters. The molecule has 0 aromatic heterocycles. The van der Waals surface area contributed by atoms with Crippen molar-refractivity contribution in [1.82, 2.24) is 15.3 Å². The molecule has 3 aromatic rings. The highest BCUT2D eigenvalue weighted by Gasteiger charge is 2.44. The van der Waals surface area contributed by atoms with E-state index in [2.05, 4.69) is 10.7 Å². The number of para-hydroxylation sites is 1. The van der Waals surface area contributed by atoms with Crippen LogP contribution in [-0.2, 0) is 16.1 Å². The molecule has 35 heavy (non-hydrogen) atoms. The number of thiocarbonyl (C=S) groups is 1. The Balaban J connectivity index is 1.57. The zero-order valence-electron chi connectivity index (χ0n) is 18.3. The normalized spacial score (nSPS) is 15.3. The fraction of sp³-hybridized carbons (Fsp3) is 0.120. The van der Waals surface area contributed by atoms with Gasteiger partial charge in [-0.1, -0.05) is 71.7 Å². The van der Waals surface area contributed by atoms with E-state index in [0.29, 0.717) is 10.7 Å². The minimum atomic E-state index is -1.04. The third-order valence-corrected chi connectivity index (χ3v) is 6.28. The standard InChI is InChI=1S/C25H20Cl2N4O3S/c26-17-11-12-19(20(27)13-17)23(33)29-31-21(14-22(32)28-18-9-5-2-6-10-18)24(34)30(25(31)35)15-16-7-3-1-4-8-16/h1-13,21H,14-15H2,(H,28,32)(H,29,33). The lowest BCUT2D eigenvalue weighted by molar-refractivity contribution is -0.131. The Kier molecular flexibility index (Phi) is 7.65. The summed E-state index contributed by atoms with van der Waals surface area (Å²) in [6, 6.07) is 21.6. The van der Waals surface area contributed by atoms with Crippen LogP contribution in [-0.4, -0.2) is 38.8 Å². The number of anilines is 1. The van der Waals surface area contributed by atoms with Crippen molar-refractivity contribution in [3.05, 3.63) is 100 Å². The van der Waals surface area contributed by atoms with Gasteiger partial charge in [-0.15, -0.1) is 0 Å². The number of rotatable bonds is 7. The summed E-state index contributed by atoms with van der Waals surface area (Å²) in [7, 11) is 0. The molecule has 0 spiro atoms. The number of halogens is 2. The number of amides is 3. The summed E-state index contributed by atoms with van der Waals surface area (Å²) in [5.74, 6) is -1.39. The zero-order valence-corrected chi connectivity index (χ0v) is 20.6. The molecule has 0 radical (unpaired) electrons. The summed E-state index contributed by atoms with van der Waals surface area (Å²) >= 11 is 17.7. The van der Waals surface area contributed by atoms with E-state index in [1.165, 1.54) is 28.1 Å². The number of nitrogens with zero attached hydrogens (tertiary/aromatic N) is 2. The van der Waals surface area contributed by atoms with E-state index in [0.717, 1.165) is 5.56 Å². The highest BCUT2D eigenvalue weighted by molar-refractivity contribution is 7.80. The van der Waals surface area contributed by atoms with Gasteiger partial charge < -0.3 is 5.32 Å². The van der Waals surface area contributed by atoms with Crippen molar-refractivity contribution in [3.63, 3.8) is 0 Å². The number of hydrazine groups is 1. The number of benzene rings is 3. The minimum Gasteiger partial charge on any atom is -0.326 e. The van der Waals surface area contributed by atoms with Gasteiger partial charge in [0.2, 0.25) is 5.91 Å². The molecule has 2 N–H and O–H groups in total. The molecule has 1 aliphatic heterocycles. The maximum atomic E-state index is 13.4. The lowest BCUT2D eigenvalue weighted by atomic mass is 10.1. The summed E-state index contributed by atoms with van der Waals surface area (Å²) in [6.07, 6.45) is -0.228. The van der Waals surface area contributed by atoms with Crippen molar-refractivity contribution in [1.29, 1.82) is 0 Å². The van der Waals surface area contributed by atoms with Crippen LogP contribution in [0.1, 0.15) is 22.3 Å². The van der Waals surface area contributed by atoms with Crippen LogP contribution in [0.25, 0.3) is 0 Å². The molecule has 1 atom stereocenters. The molecule has 0 saturated carbocycles. The highest BCUT2D eigenvalue weighted by Crippen LogP contribution is 2.24. The van der Waals surface area contributed by atoms with E-state index in [1.54, 1.807) is 24.3 Å². The van der Waals surface area contributed by atoms with Crippen LogP contribution in [0.3, 0.4) is 0 Å². The first-order valence-corrected chi connectivity index (χ1v) is 11.8. The van der Waals surface area contributed by atoms with Gasteiger partial charge in [-0.25, -0.2) is 5.01 Å². The predicted octanol–water partition coefficient (Wildman–Crippen LogP) is 4.66. The first kappa shape index (κ1) is 24.7. The SMILES string of the molecule is O=C(CC1C(=O)N(Cc2ccccc2)C(=S)N1NC(=O)c1ccc(Cl)cc1Cl)Nc1ccccc1. The molecule has 4 rings (SSSR count). The molecule has 3 aromatic carbocycles. The Labute approximate surface area is 217 Å². The third-order valence-electron chi connectivity index (χ3n) is 5.32.